The lowest BCUT2D eigenvalue weighted by Gasteiger charge is -2.16. The number of benzene rings is 1. The number of carbonyl (C=O) groups excluding carboxylic acids is 1. The Bertz CT molecular complexity index is 1110. The highest BCUT2D eigenvalue weighted by atomic mass is 19.4. The third kappa shape index (κ3) is 5.05. The minimum absolute atomic E-state index is 0.0728. The number of ether oxygens (including phenoxy) is 1. The second kappa shape index (κ2) is 8.58. The molecule has 0 radical (unpaired) electrons. The van der Waals surface area contributed by atoms with E-state index in [1.54, 1.807) is 24.1 Å². The van der Waals surface area contributed by atoms with Crippen LogP contribution in [-0.2, 0) is 7.05 Å². The molecule has 2 atom stereocenters. The maximum absolute atomic E-state index is 12.9. The largest absolute Gasteiger partial charge is 0.573 e. The maximum Gasteiger partial charge on any atom is 0.573 e. The van der Waals surface area contributed by atoms with Crippen molar-refractivity contribution in [2.24, 2.45) is 7.05 Å². The summed E-state index contributed by atoms with van der Waals surface area (Å²) in [5.41, 5.74) is 1.46. The molecule has 0 spiro atoms. The lowest BCUT2D eigenvalue weighted by atomic mass is 10.1. The molecule has 0 unspecified atom stereocenters. The zero-order valence-electron chi connectivity index (χ0n) is 17.0. The highest BCUT2D eigenvalue weighted by Crippen LogP contribution is 2.27. The van der Waals surface area contributed by atoms with Crippen LogP contribution in [0, 0.1) is 0 Å². The molecule has 0 saturated heterocycles. The Morgan fingerprint density at radius 1 is 1.19 bits per heavy atom. The molecule has 1 aliphatic rings. The van der Waals surface area contributed by atoms with E-state index < -0.39 is 18.4 Å². The molecule has 32 heavy (non-hydrogen) atoms. The van der Waals surface area contributed by atoms with Crippen molar-refractivity contribution in [2.75, 3.05) is 0 Å². The summed E-state index contributed by atoms with van der Waals surface area (Å²) < 4.78 is 42.8. The van der Waals surface area contributed by atoms with E-state index in [-0.39, 0.29) is 23.3 Å². The predicted molar refractivity (Wildman–Crippen MR) is 107 cm³/mol. The van der Waals surface area contributed by atoms with E-state index in [0.29, 0.717) is 29.7 Å². The van der Waals surface area contributed by atoms with Crippen molar-refractivity contribution in [3.63, 3.8) is 0 Å². The Balaban J connectivity index is 1.68. The van der Waals surface area contributed by atoms with Gasteiger partial charge in [0.15, 0.2) is 5.82 Å². The Hall–Kier alpha value is -3.47. The SMILES string of the molecule is Cn1cc(-c2nc(C(=O)N[C@@H]3CCC[C@@H]3O)cc(-c3ccc(OC(F)(F)F)cc3)n2)cn1. The highest BCUT2D eigenvalue weighted by Gasteiger charge is 2.31. The van der Waals surface area contributed by atoms with Crippen molar-refractivity contribution >= 4 is 5.91 Å². The number of nitrogens with one attached hydrogen (secondary N) is 1. The van der Waals surface area contributed by atoms with Crippen molar-refractivity contribution in [3.05, 3.63) is 48.4 Å². The summed E-state index contributed by atoms with van der Waals surface area (Å²) in [6, 6.07) is 6.27. The second-order valence-corrected chi connectivity index (χ2v) is 7.52. The van der Waals surface area contributed by atoms with Gasteiger partial charge in [-0.25, -0.2) is 9.97 Å². The van der Waals surface area contributed by atoms with Crippen molar-refractivity contribution < 1.29 is 27.8 Å². The standard InChI is InChI=1S/C21H20F3N5O3/c1-29-11-13(10-25-29)19-26-16(12-5-7-14(8-6-12)32-21(22,23)24)9-17(27-19)20(31)28-15-3-2-4-18(15)30/h5-11,15,18,30H,2-4H2,1H3,(H,28,31)/t15-,18+/m1/s1. The molecule has 1 fully saturated rings. The first-order valence-electron chi connectivity index (χ1n) is 9.91. The Labute approximate surface area is 181 Å². The van der Waals surface area contributed by atoms with Gasteiger partial charge < -0.3 is 15.2 Å². The van der Waals surface area contributed by atoms with E-state index in [9.17, 15) is 23.1 Å². The van der Waals surface area contributed by atoms with Gasteiger partial charge >= 0.3 is 6.36 Å². The quantitative estimate of drug-likeness (QED) is 0.623. The van der Waals surface area contributed by atoms with E-state index in [4.69, 9.17) is 0 Å². The first-order valence-corrected chi connectivity index (χ1v) is 9.91. The highest BCUT2D eigenvalue weighted by molar-refractivity contribution is 5.94. The minimum Gasteiger partial charge on any atom is -0.406 e. The smallest absolute Gasteiger partial charge is 0.406 e. The third-order valence-corrected chi connectivity index (χ3v) is 5.10. The van der Waals surface area contributed by atoms with Crippen LogP contribution in [0.4, 0.5) is 13.2 Å². The first kappa shape index (κ1) is 21.8. The molecule has 2 heterocycles. The van der Waals surface area contributed by atoms with Crippen LogP contribution in [0.3, 0.4) is 0 Å². The number of amides is 1. The Morgan fingerprint density at radius 3 is 2.53 bits per heavy atom. The first-order chi connectivity index (χ1) is 15.2. The molecule has 1 aliphatic carbocycles. The number of halogens is 3. The summed E-state index contributed by atoms with van der Waals surface area (Å²) in [6.07, 6.45) is -0.0779. The summed E-state index contributed by atoms with van der Waals surface area (Å²) in [6.45, 7) is 0. The Morgan fingerprint density at radius 2 is 1.94 bits per heavy atom. The van der Waals surface area contributed by atoms with E-state index >= 15 is 0 Å². The van der Waals surface area contributed by atoms with Crippen molar-refractivity contribution in [1.29, 1.82) is 0 Å². The number of aromatic nitrogens is 4. The molecular formula is C21H20F3N5O3. The van der Waals surface area contributed by atoms with Gasteiger partial charge in [-0.15, -0.1) is 13.2 Å². The van der Waals surface area contributed by atoms with Gasteiger partial charge in [-0.3, -0.25) is 9.48 Å². The van der Waals surface area contributed by atoms with Gasteiger partial charge in [0.2, 0.25) is 0 Å². The average Bonchev–Trinajstić information content (AvgIpc) is 3.35. The Kier molecular flexibility index (Phi) is 5.83. The van der Waals surface area contributed by atoms with Crippen molar-refractivity contribution in [2.45, 2.75) is 37.8 Å². The molecule has 11 heteroatoms. The summed E-state index contributed by atoms with van der Waals surface area (Å²) in [7, 11) is 1.72. The second-order valence-electron chi connectivity index (χ2n) is 7.52. The molecule has 1 saturated carbocycles. The molecule has 2 aromatic heterocycles. The fourth-order valence-electron chi connectivity index (χ4n) is 3.56. The van der Waals surface area contributed by atoms with E-state index in [2.05, 4.69) is 25.1 Å². The monoisotopic (exact) mass is 447 g/mol. The van der Waals surface area contributed by atoms with Gasteiger partial charge in [0.1, 0.15) is 11.4 Å². The van der Waals surface area contributed by atoms with Crippen LogP contribution >= 0.6 is 0 Å². The number of alkyl halides is 3. The molecule has 8 nitrogen and oxygen atoms in total. The normalized spacial score (nSPS) is 18.5. The number of rotatable bonds is 5. The van der Waals surface area contributed by atoms with Crippen LogP contribution in [0.2, 0.25) is 0 Å². The number of hydrogen-bond donors (Lipinski definition) is 2. The molecule has 168 valence electrons. The van der Waals surface area contributed by atoms with Crippen LogP contribution in [-0.4, -0.2) is 49.3 Å². The van der Waals surface area contributed by atoms with Crippen molar-refractivity contribution in [3.8, 4) is 28.4 Å². The van der Waals surface area contributed by atoms with Crippen LogP contribution in [0.5, 0.6) is 5.75 Å². The molecule has 3 aromatic rings. The molecule has 0 aliphatic heterocycles. The van der Waals surface area contributed by atoms with Crippen LogP contribution in [0.1, 0.15) is 29.8 Å². The average molecular weight is 447 g/mol. The van der Waals surface area contributed by atoms with Gasteiger partial charge in [0.05, 0.1) is 29.6 Å². The molecule has 2 N–H and O–H groups in total. The summed E-state index contributed by atoms with van der Waals surface area (Å²) in [5.74, 6) is -0.596. The van der Waals surface area contributed by atoms with Gasteiger partial charge in [-0.2, -0.15) is 5.10 Å². The molecule has 0 bridgehead atoms. The number of aliphatic hydroxyl groups is 1. The van der Waals surface area contributed by atoms with Crippen molar-refractivity contribution in [1.82, 2.24) is 25.1 Å². The van der Waals surface area contributed by atoms with Crippen LogP contribution in [0.25, 0.3) is 22.6 Å². The summed E-state index contributed by atoms with van der Waals surface area (Å²) >= 11 is 0. The van der Waals surface area contributed by atoms with Gasteiger partial charge in [-0.05, 0) is 49.6 Å². The summed E-state index contributed by atoms with van der Waals surface area (Å²) in [5, 5.41) is 16.9. The number of carbonyl (C=O) groups is 1. The van der Waals surface area contributed by atoms with E-state index in [1.165, 1.54) is 30.3 Å². The predicted octanol–water partition coefficient (Wildman–Crippen LogP) is 3.09. The minimum atomic E-state index is -4.79. The number of aliphatic hydroxyl groups excluding tert-OH is 1. The van der Waals surface area contributed by atoms with Gasteiger partial charge in [0, 0.05) is 18.8 Å². The maximum atomic E-state index is 12.9. The third-order valence-electron chi connectivity index (χ3n) is 5.10. The molecule has 1 aromatic carbocycles. The van der Waals surface area contributed by atoms with E-state index in [0.717, 1.165) is 6.42 Å². The van der Waals surface area contributed by atoms with Crippen LogP contribution < -0.4 is 10.1 Å². The number of aryl methyl sites for hydroxylation is 1. The lowest BCUT2D eigenvalue weighted by molar-refractivity contribution is -0.274. The zero-order valence-corrected chi connectivity index (χ0v) is 17.0. The number of hydrogen-bond acceptors (Lipinski definition) is 6. The fraction of sp³-hybridized carbons (Fsp3) is 0.333. The van der Waals surface area contributed by atoms with E-state index in [1.807, 2.05) is 0 Å². The summed E-state index contributed by atoms with van der Waals surface area (Å²) in [4.78, 5) is 21.7. The zero-order chi connectivity index (χ0) is 22.9. The lowest BCUT2D eigenvalue weighted by Crippen LogP contribution is -2.40. The van der Waals surface area contributed by atoms with Crippen LogP contribution in [0.15, 0.2) is 42.7 Å². The topological polar surface area (TPSA) is 102 Å². The van der Waals surface area contributed by atoms with Gasteiger partial charge in [-0.1, -0.05) is 0 Å². The van der Waals surface area contributed by atoms with Gasteiger partial charge in [0.25, 0.3) is 5.91 Å². The molecule has 4 rings (SSSR count). The molecule has 1 amide bonds. The molecular weight excluding hydrogens is 427 g/mol. The number of nitrogens with zero attached hydrogens (tertiary/aromatic N) is 4. The fourth-order valence-corrected chi connectivity index (χ4v) is 3.56.